The second kappa shape index (κ2) is 9.49. The zero-order valence-corrected chi connectivity index (χ0v) is 16.5. The van der Waals surface area contributed by atoms with Gasteiger partial charge in [-0.2, -0.15) is 0 Å². The van der Waals surface area contributed by atoms with Gasteiger partial charge in [-0.15, -0.1) is 12.4 Å². The van der Waals surface area contributed by atoms with Crippen molar-refractivity contribution in [1.82, 2.24) is 20.5 Å². The number of carbonyl (C=O) groups excluding carboxylic acids is 1. The third-order valence-corrected chi connectivity index (χ3v) is 5.66. The van der Waals surface area contributed by atoms with E-state index in [2.05, 4.69) is 44.8 Å². The Labute approximate surface area is 167 Å². The Balaban J connectivity index is 0.00000210. The fraction of sp³-hybridized carbons (Fsp3) is 0.524. The Morgan fingerprint density at radius 2 is 2.11 bits per heavy atom. The highest BCUT2D eigenvalue weighted by Gasteiger charge is 2.24. The van der Waals surface area contributed by atoms with Gasteiger partial charge in [0.15, 0.2) is 0 Å². The van der Waals surface area contributed by atoms with Crippen LogP contribution in [0, 0.1) is 5.92 Å². The lowest BCUT2D eigenvalue weighted by atomic mass is 9.97. The third-order valence-electron chi connectivity index (χ3n) is 5.66. The number of para-hydroxylation sites is 1. The molecule has 3 heterocycles. The number of rotatable bonds is 5. The molecule has 1 aromatic heterocycles. The fourth-order valence-electron chi connectivity index (χ4n) is 4.27. The van der Waals surface area contributed by atoms with Crippen molar-refractivity contribution in [3.8, 4) is 0 Å². The van der Waals surface area contributed by atoms with Crippen LogP contribution in [-0.2, 0) is 11.3 Å². The van der Waals surface area contributed by atoms with Crippen LogP contribution in [-0.4, -0.2) is 48.0 Å². The molecule has 4 rings (SSSR count). The fourth-order valence-corrected chi connectivity index (χ4v) is 4.27. The number of carbonyl (C=O) groups is 1. The minimum Gasteiger partial charge on any atom is -0.354 e. The number of piperidine rings is 1. The number of aromatic nitrogens is 1. The van der Waals surface area contributed by atoms with Gasteiger partial charge in [0, 0.05) is 31.2 Å². The smallest absolute Gasteiger partial charge is 0.237 e. The van der Waals surface area contributed by atoms with E-state index in [-0.39, 0.29) is 24.4 Å². The van der Waals surface area contributed by atoms with E-state index in [1.165, 1.54) is 23.8 Å². The average molecular weight is 389 g/mol. The molecule has 0 aliphatic carbocycles. The van der Waals surface area contributed by atoms with Crippen molar-refractivity contribution in [2.45, 2.75) is 38.3 Å². The predicted molar refractivity (Wildman–Crippen MR) is 111 cm³/mol. The maximum Gasteiger partial charge on any atom is 0.237 e. The van der Waals surface area contributed by atoms with Gasteiger partial charge in [-0.1, -0.05) is 24.3 Å². The maximum absolute atomic E-state index is 12.2. The molecule has 0 spiro atoms. The lowest BCUT2D eigenvalue weighted by Gasteiger charge is -2.33. The Morgan fingerprint density at radius 3 is 2.96 bits per heavy atom. The number of hydrogen-bond acceptors (Lipinski definition) is 4. The van der Waals surface area contributed by atoms with Crippen molar-refractivity contribution in [3.63, 3.8) is 0 Å². The summed E-state index contributed by atoms with van der Waals surface area (Å²) in [6.07, 6.45) is 6.34. The number of fused-ring (bicyclic) bond motifs is 1. The van der Waals surface area contributed by atoms with E-state index in [1.54, 1.807) is 0 Å². The number of amides is 1. The molecular weight excluding hydrogens is 360 g/mol. The summed E-state index contributed by atoms with van der Waals surface area (Å²) in [5.41, 5.74) is 2.40. The van der Waals surface area contributed by atoms with Gasteiger partial charge in [0.05, 0.1) is 11.6 Å². The van der Waals surface area contributed by atoms with E-state index in [0.29, 0.717) is 5.92 Å². The SMILES string of the molecule is Cl.O=C(NCC1CCCN(Cc2cccc3cccnc23)C1)C1CCCN1. The van der Waals surface area contributed by atoms with E-state index in [9.17, 15) is 4.79 Å². The van der Waals surface area contributed by atoms with Crippen LogP contribution in [0.5, 0.6) is 0 Å². The van der Waals surface area contributed by atoms with Crippen molar-refractivity contribution in [2.24, 2.45) is 5.92 Å². The van der Waals surface area contributed by atoms with Crippen molar-refractivity contribution >= 4 is 29.2 Å². The Kier molecular flexibility index (Phi) is 7.05. The minimum absolute atomic E-state index is 0. The molecule has 2 fully saturated rings. The summed E-state index contributed by atoms with van der Waals surface area (Å²) < 4.78 is 0. The molecule has 2 unspecified atom stereocenters. The van der Waals surface area contributed by atoms with Crippen molar-refractivity contribution in [3.05, 3.63) is 42.1 Å². The number of halogens is 1. The van der Waals surface area contributed by atoms with Crippen LogP contribution in [0.15, 0.2) is 36.5 Å². The molecular formula is C21H29ClN4O. The molecule has 0 radical (unpaired) electrons. The molecule has 2 saturated heterocycles. The summed E-state index contributed by atoms with van der Waals surface area (Å²) in [5, 5.41) is 7.64. The van der Waals surface area contributed by atoms with Crippen LogP contribution in [0.1, 0.15) is 31.2 Å². The van der Waals surface area contributed by atoms with Crippen molar-refractivity contribution in [2.75, 3.05) is 26.2 Å². The van der Waals surface area contributed by atoms with E-state index in [1.807, 2.05) is 12.3 Å². The van der Waals surface area contributed by atoms with Gasteiger partial charge in [0.2, 0.25) is 5.91 Å². The van der Waals surface area contributed by atoms with Crippen molar-refractivity contribution < 1.29 is 4.79 Å². The zero-order chi connectivity index (χ0) is 17.8. The molecule has 6 heteroatoms. The summed E-state index contributed by atoms with van der Waals surface area (Å²) >= 11 is 0. The molecule has 2 N–H and O–H groups in total. The highest BCUT2D eigenvalue weighted by Crippen LogP contribution is 2.22. The third kappa shape index (κ3) is 4.98. The normalized spacial score (nSPS) is 23.1. The van der Waals surface area contributed by atoms with Crippen LogP contribution in [0.4, 0.5) is 0 Å². The summed E-state index contributed by atoms with van der Waals surface area (Å²) in [6, 6.07) is 10.6. The lowest BCUT2D eigenvalue weighted by molar-refractivity contribution is -0.123. The molecule has 2 aliphatic heterocycles. The highest BCUT2D eigenvalue weighted by molar-refractivity contribution is 5.85. The molecule has 5 nitrogen and oxygen atoms in total. The number of pyridine rings is 1. The predicted octanol–water partition coefficient (Wildman–Crippen LogP) is 2.74. The molecule has 0 saturated carbocycles. The topological polar surface area (TPSA) is 57.3 Å². The van der Waals surface area contributed by atoms with Gasteiger partial charge in [-0.3, -0.25) is 14.7 Å². The zero-order valence-electron chi connectivity index (χ0n) is 15.7. The monoisotopic (exact) mass is 388 g/mol. The second-order valence-electron chi connectivity index (χ2n) is 7.63. The Morgan fingerprint density at radius 1 is 1.22 bits per heavy atom. The van der Waals surface area contributed by atoms with E-state index in [0.717, 1.165) is 51.1 Å². The van der Waals surface area contributed by atoms with Gasteiger partial charge in [0.25, 0.3) is 0 Å². The van der Waals surface area contributed by atoms with Crippen LogP contribution >= 0.6 is 12.4 Å². The first-order valence-corrected chi connectivity index (χ1v) is 9.85. The van der Waals surface area contributed by atoms with Gasteiger partial charge in [-0.05, 0) is 56.3 Å². The first kappa shape index (κ1) is 20.1. The van der Waals surface area contributed by atoms with Crippen LogP contribution in [0.25, 0.3) is 10.9 Å². The first-order chi connectivity index (χ1) is 12.8. The van der Waals surface area contributed by atoms with Gasteiger partial charge < -0.3 is 10.6 Å². The summed E-state index contributed by atoms with van der Waals surface area (Å²) in [6.45, 7) is 4.86. The largest absolute Gasteiger partial charge is 0.354 e. The number of benzene rings is 1. The summed E-state index contributed by atoms with van der Waals surface area (Å²) in [7, 11) is 0. The minimum atomic E-state index is 0. The first-order valence-electron chi connectivity index (χ1n) is 9.85. The number of nitrogens with one attached hydrogen (secondary N) is 2. The summed E-state index contributed by atoms with van der Waals surface area (Å²) in [4.78, 5) is 19.3. The molecule has 2 atom stereocenters. The summed E-state index contributed by atoms with van der Waals surface area (Å²) in [5.74, 6) is 0.718. The number of hydrogen-bond donors (Lipinski definition) is 2. The molecule has 1 amide bonds. The Hall–Kier alpha value is -1.69. The second-order valence-corrected chi connectivity index (χ2v) is 7.63. The highest BCUT2D eigenvalue weighted by atomic mass is 35.5. The Bertz CT molecular complexity index is 757. The molecule has 0 bridgehead atoms. The van der Waals surface area contributed by atoms with Gasteiger partial charge in [0.1, 0.15) is 0 Å². The molecule has 2 aromatic rings. The van der Waals surface area contributed by atoms with Crippen LogP contribution in [0.3, 0.4) is 0 Å². The van der Waals surface area contributed by atoms with Crippen LogP contribution in [0.2, 0.25) is 0 Å². The van der Waals surface area contributed by atoms with Crippen LogP contribution < -0.4 is 10.6 Å². The number of likely N-dealkylation sites (tertiary alicyclic amines) is 1. The van der Waals surface area contributed by atoms with E-state index >= 15 is 0 Å². The van der Waals surface area contributed by atoms with Crippen molar-refractivity contribution in [1.29, 1.82) is 0 Å². The average Bonchev–Trinajstić information content (AvgIpc) is 3.22. The number of nitrogens with zero attached hydrogens (tertiary/aromatic N) is 2. The molecule has 146 valence electrons. The maximum atomic E-state index is 12.2. The van der Waals surface area contributed by atoms with Gasteiger partial charge >= 0.3 is 0 Å². The molecule has 27 heavy (non-hydrogen) atoms. The van der Waals surface area contributed by atoms with Gasteiger partial charge in [-0.25, -0.2) is 0 Å². The van der Waals surface area contributed by atoms with E-state index in [4.69, 9.17) is 0 Å². The van der Waals surface area contributed by atoms with E-state index < -0.39 is 0 Å². The lowest BCUT2D eigenvalue weighted by Crippen LogP contribution is -2.45. The quantitative estimate of drug-likeness (QED) is 0.826. The standard InChI is InChI=1S/C21H28N4O.ClH/c26-21(19-9-3-10-22-19)24-13-16-5-4-12-25(14-16)15-18-7-1-6-17-8-2-11-23-20(17)18;/h1-2,6-8,11,16,19,22H,3-5,9-10,12-15H2,(H,24,26);1H. The molecule has 2 aliphatic rings. The molecule has 1 aromatic carbocycles.